The number of amides is 1. The molecule has 0 aliphatic carbocycles. The number of hydrogen-bond acceptors (Lipinski definition) is 3. The van der Waals surface area contributed by atoms with Gasteiger partial charge in [0, 0.05) is 37.2 Å². The van der Waals surface area contributed by atoms with Crippen LogP contribution in [0.1, 0.15) is 37.8 Å². The van der Waals surface area contributed by atoms with Gasteiger partial charge in [-0.25, -0.2) is 4.98 Å². The van der Waals surface area contributed by atoms with E-state index in [1.807, 2.05) is 19.9 Å². The fourth-order valence-electron chi connectivity index (χ4n) is 3.60. The molecule has 0 saturated carbocycles. The second-order valence-corrected chi connectivity index (χ2v) is 8.71. The van der Waals surface area contributed by atoms with Gasteiger partial charge < -0.3 is 10.2 Å². The highest BCUT2D eigenvalue weighted by molar-refractivity contribution is 6.30. The summed E-state index contributed by atoms with van der Waals surface area (Å²) in [7, 11) is 0. The summed E-state index contributed by atoms with van der Waals surface area (Å²) in [4.78, 5) is 19.1. The minimum absolute atomic E-state index is 0.0567. The largest absolute Gasteiger partial charge is 0.416 e. The zero-order valence-corrected chi connectivity index (χ0v) is 17.7. The topological polar surface area (TPSA) is 45.2 Å². The van der Waals surface area contributed by atoms with Crippen LogP contribution in [0.2, 0.25) is 5.02 Å². The molecule has 30 heavy (non-hydrogen) atoms. The molecule has 0 radical (unpaired) electrons. The number of carbonyl (C=O) groups excluding carboxylic acids is 1. The number of piperidine rings is 1. The maximum absolute atomic E-state index is 13.0. The van der Waals surface area contributed by atoms with Gasteiger partial charge in [0.1, 0.15) is 5.82 Å². The lowest BCUT2D eigenvalue weighted by molar-refractivity contribution is -0.137. The van der Waals surface area contributed by atoms with Crippen molar-refractivity contribution in [2.24, 2.45) is 5.92 Å². The Morgan fingerprint density at radius 1 is 1.17 bits per heavy atom. The van der Waals surface area contributed by atoms with E-state index in [0.717, 1.165) is 18.0 Å². The van der Waals surface area contributed by atoms with Crippen LogP contribution in [-0.4, -0.2) is 30.5 Å². The van der Waals surface area contributed by atoms with Gasteiger partial charge in [-0.15, -0.1) is 0 Å². The van der Waals surface area contributed by atoms with E-state index in [1.54, 1.807) is 18.3 Å². The van der Waals surface area contributed by atoms with Crippen molar-refractivity contribution in [1.29, 1.82) is 0 Å². The maximum Gasteiger partial charge on any atom is 0.416 e. The molecule has 1 aromatic carbocycles. The van der Waals surface area contributed by atoms with Crippen molar-refractivity contribution in [2.45, 2.75) is 38.3 Å². The smallest absolute Gasteiger partial charge is 0.357 e. The molecular formula is C22H25ClF3N3O. The monoisotopic (exact) mass is 439 g/mol. The Labute approximate surface area is 179 Å². The maximum atomic E-state index is 13.0. The molecule has 1 amide bonds. The Bertz CT molecular complexity index is 876. The molecule has 1 fully saturated rings. The van der Waals surface area contributed by atoms with Gasteiger partial charge in [-0.3, -0.25) is 4.79 Å². The number of nitrogens with one attached hydrogen (secondary N) is 1. The Kier molecular flexibility index (Phi) is 6.60. The van der Waals surface area contributed by atoms with E-state index in [4.69, 9.17) is 11.6 Å². The molecule has 1 saturated heterocycles. The van der Waals surface area contributed by atoms with Crippen molar-refractivity contribution in [3.8, 4) is 0 Å². The highest BCUT2D eigenvalue weighted by atomic mass is 35.5. The van der Waals surface area contributed by atoms with Crippen LogP contribution in [-0.2, 0) is 16.4 Å². The third-order valence-corrected chi connectivity index (χ3v) is 5.80. The molecule has 8 heteroatoms. The van der Waals surface area contributed by atoms with Crippen LogP contribution in [0.15, 0.2) is 42.6 Å². The quantitative estimate of drug-likeness (QED) is 0.708. The van der Waals surface area contributed by atoms with E-state index in [1.165, 1.54) is 6.07 Å². The molecule has 0 unspecified atom stereocenters. The van der Waals surface area contributed by atoms with E-state index in [2.05, 4.69) is 15.2 Å². The van der Waals surface area contributed by atoms with Crippen LogP contribution in [0.25, 0.3) is 0 Å². The SMILES string of the molecule is CC(C)(CNC(=O)C1CCN(c2ccc(Cl)cn2)CC1)c1cccc(C(F)(F)F)c1. The van der Waals surface area contributed by atoms with Crippen molar-refractivity contribution < 1.29 is 18.0 Å². The van der Waals surface area contributed by atoms with Crippen molar-refractivity contribution in [3.63, 3.8) is 0 Å². The van der Waals surface area contributed by atoms with Crippen LogP contribution < -0.4 is 10.2 Å². The Balaban J connectivity index is 1.55. The lowest BCUT2D eigenvalue weighted by Crippen LogP contribution is -2.44. The second-order valence-electron chi connectivity index (χ2n) is 8.28. The van der Waals surface area contributed by atoms with Crippen LogP contribution in [0, 0.1) is 5.92 Å². The summed E-state index contributed by atoms with van der Waals surface area (Å²) in [6.45, 7) is 5.36. The molecule has 3 rings (SSSR count). The number of nitrogens with zero attached hydrogens (tertiary/aromatic N) is 2. The zero-order chi connectivity index (χ0) is 21.9. The Morgan fingerprint density at radius 3 is 2.43 bits per heavy atom. The van der Waals surface area contributed by atoms with Crippen molar-refractivity contribution in [2.75, 3.05) is 24.5 Å². The van der Waals surface area contributed by atoms with Crippen LogP contribution >= 0.6 is 11.6 Å². The number of hydrogen-bond donors (Lipinski definition) is 1. The van der Waals surface area contributed by atoms with Gasteiger partial charge in [-0.1, -0.05) is 43.6 Å². The normalized spacial score (nSPS) is 15.9. The van der Waals surface area contributed by atoms with E-state index in [9.17, 15) is 18.0 Å². The lowest BCUT2D eigenvalue weighted by atomic mass is 9.83. The van der Waals surface area contributed by atoms with Gasteiger partial charge in [-0.2, -0.15) is 13.2 Å². The highest BCUT2D eigenvalue weighted by Gasteiger charge is 2.33. The number of benzene rings is 1. The molecule has 1 aliphatic heterocycles. The Morgan fingerprint density at radius 2 is 1.83 bits per heavy atom. The molecule has 0 atom stereocenters. The number of pyridine rings is 1. The first kappa shape index (κ1) is 22.4. The van der Waals surface area contributed by atoms with Crippen LogP contribution in [0.3, 0.4) is 0 Å². The molecule has 1 aliphatic rings. The molecule has 162 valence electrons. The van der Waals surface area contributed by atoms with Gasteiger partial charge in [0.05, 0.1) is 10.6 Å². The van der Waals surface area contributed by atoms with Gasteiger partial charge in [-0.05, 0) is 36.6 Å². The molecular weight excluding hydrogens is 415 g/mol. The third kappa shape index (κ3) is 5.45. The van der Waals surface area contributed by atoms with Gasteiger partial charge in [0.2, 0.25) is 5.91 Å². The summed E-state index contributed by atoms with van der Waals surface area (Å²) < 4.78 is 39.0. The Hall–Kier alpha value is -2.28. The zero-order valence-electron chi connectivity index (χ0n) is 17.0. The first-order valence-electron chi connectivity index (χ1n) is 9.88. The third-order valence-electron chi connectivity index (χ3n) is 5.58. The second kappa shape index (κ2) is 8.84. The first-order chi connectivity index (χ1) is 14.1. The molecule has 2 aromatic rings. The van der Waals surface area contributed by atoms with Gasteiger partial charge in [0.25, 0.3) is 0 Å². The number of alkyl halides is 3. The average Bonchev–Trinajstić information content (AvgIpc) is 2.72. The summed E-state index contributed by atoms with van der Waals surface area (Å²) in [5, 5.41) is 3.52. The number of aromatic nitrogens is 1. The number of anilines is 1. The first-order valence-corrected chi connectivity index (χ1v) is 10.3. The summed E-state index contributed by atoms with van der Waals surface area (Å²) in [5.74, 6) is 0.661. The number of carbonyl (C=O) groups is 1. The molecule has 0 spiro atoms. The summed E-state index contributed by atoms with van der Waals surface area (Å²) in [6.07, 6.45) is -1.39. The average molecular weight is 440 g/mol. The predicted molar refractivity (Wildman–Crippen MR) is 112 cm³/mol. The standard InChI is InChI=1S/C22H25ClF3N3O/c1-21(2,16-4-3-5-17(12-16)22(24,25)26)14-28-20(30)15-8-10-29(11-9-15)19-7-6-18(23)13-27-19/h3-7,12-13,15H,8-11,14H2,1-2H3,(H,28,30). The van der Waals surface area contributed by atoms with E-state index >= 15 is 0 Å². The molecule has 2 heterocycles. The van der Waals surface area contributed by atoms with Crippen LogP contribution in [0.5, 0.6) is 0 Å². The fraction of sp³-hybridized carbons (Fsp3) is 0.455. The summed E-state index contributed by atoms with van der Waals surface area (Å²) in [5.41, 5.74) is -0.756. The summed E-state index contributed by atoms with van der Waals surface area (Å²) in [6, 6.07) is 8.94. The van der Waals surface area contributed by atoms with Crippen LogP contribution in [0.4, 0.5) is 19.0 Å². The van der Waals surface area contributed by atoms with Crippen molar-refractivity contribution in [1.82, 2.24) is 10.3 Å². The van der Waals surface area contributed by atoms with E-state index in [0.29, 0.717) is 36.5 Å². The van der Waals surface area contributed by atoms with Crippen molar-refractivity contribution >= 4 is 23.3 Å². The van der Waals surface area contributed by atoms with Gasteiger partial charge >= 0.3 is 6.18 Å². The molecule has 1 aromatic heterocycles. The number of halogens is 4. The highest BCUT2D eigenvalue weighted by Crippen LogP contribution is 2.32. The number of rotatable bonds is 5. The molecule has 0 bridgehead atoms. The minimum Gasteiger partial charge on any atom is -0.357 e. The van der Waals surface area contributed by atoms with E-state index in [-0.39, 0.29) is 18.4 Å². The fourth-order valence-corrected chi connectivity index (χ4v) is 3.71. The molecule has 4 nitrogen and oxygen atoms in total. The van der Waals surface area contributed by atoms with Gasteiger partial charge in [0.15, 0.2) is 0 Å². The van der Waals surface area contributed by atoms with E-state index < -0.39 is 17.2 Å². The predicted octanol–water partition coefficient (Wildman–Crippen LogP) is 5.06. The minimum atomic E-state index is -4.39. The summed E-state index contributed by atoms with van der Waals surface area (Å²) >= 11 is 5.87. The van der Waals surface area contributed by atoms with Crippen molar-refractivity contribution in [3.05, 3.63) is 58.7 Å². The lowest BCUT2D eigenvalue weighted by Gasteiger charge is -2.33. The molecule has 1 N–H and O–H groups in total.